The first-order valence-electron chi connectivity index (χ1n) is 7.74. The van der Waals surface area contributed by atoms with Gasteiger partial charge in [0.2, 0.25) is 5.91 Å². The van der Waals surface area contributed by atoms with Crippen LogP contribution in [0.2, 0.25) is 0 Å². The highest BCUT2D eigenvalue weighted by Crippen LogP contribution is 2.14. The third-order valence-corrected chi connectivity index (χ3v) is 3.63. The van der Waals surface area contributed by atoms with Crippen LogP contribution in [0.3, 0.4) is 0 Å². The summed E-state index contributed by atoms with van der Waals surface area (Å²) >= 11 is 0. The summed E-state index contributed by atoms with van der Waals surface area (Å²) in [5.74, 6) is -0.00462. The van der Waals surface area contributed by atoms with Gasteiger partial charge >= 0.3 is 6.18 Å². The van der Waals surface area contributed by atoms with Crippen LogP contribution in [-0.2, 0) is 9.53 Å². The minimum Gasteiger partial charge on any atom is -0.372 e. The van der Waals surface area contributed by atoms with Gasteiger partial charge in [-0.15, -0.1) is 0 Å². The molecule has 0 radical (unpaired) electrons. The quantitative estimate of drug-likeness (QED) is 0.682. The molecule has 0 aliphatic carbocycles. The molecule has 0 aromatic heterocycles. The van der Waals surface area contributed by atoms with E-state index in [0.717, 1.165) is 19.5 Å². The molecule has 8 heteroatoms. The largest absolute Gasteiger partial charge is 0.411 e. The molecular formula is C14H26F3N3O2. The zero-order chi connectivity index (χ0) is 16.6. The molecule has 2 N–H and O–H groups in total. The fourth-order valence-electron chi connectivity index (χ4n) is 2.44. The highest BCUT2D eigenvalue weighted by Gasteiger charge is 2.27. The summed E-state index contributed by atoms with van der Waals surface area (Å²) in [6, 6.07) is -0.424. The Kier molecular flexibility index (Phi) is 8.13. The second kappa shape index (κ2) is 9.32. The Morgan fingerprint density at radius 3 is 2.45 bits per heavy atom. The molecule has 130 valence electrons. The van der Waals surface area contributed by atoms with E-state index in [1.807, 2.05) is 6.92 Å². The minimum atomic E-state index is -4.26. The van der Waals surface area contributed by atoms with Crippen LogP contribution in [0.4, 0.5) is 13.2 Å². The molecule has 5 nitrogen and oxygen atoms in total. The van der Waals surface area contributed by atoms with Gasteiger partial charge < -0.3 is 15.4 Å². The smallest absolute Gasteiger partial charge is 0.372 e. The van der Waals surface area contributed by atoms with E-state index in [0.29, 0.717) is 32.5 Å². The predicted molar refractivity (Wildman–Crippen MR) is 77.4 cm³/mol. The first-order valence-corrected chi connectivity index (χ1v) is 7.74. The molecule has 1 atom stereocenters. The normalized spacial score (nSPS) is 18.5. The van der Waals surface area contributed by atoms with Crippen molar-refractivity contribution in [1.29, 1.82) is 0 Å². The van der Waals surface area contributed by atoms with E-state index in [1.54, 1.807) is 4.90 Å². The van der Waals surface area contributed by atoms with Crippen molar-refractivity contribution >= 4 is 5.91 Å². The molecule has 1 saturated heterocycles. The molecule has 0 spiro atoms. The number of piperazine rings is 1. The zero-order valence-electron chi connectivity index (χ0n) is 13.1. The molecule has 1 rings (SSSR count). The number of ether oxygens (including phenoxy) is 1. The summed E-state index contributed by atoms with van der Waals surface area (Å²) < 4.78 is 40.3. The molecule has 1 aliphatic heterocycles. The number of nitrogens with two attached hydrogens (primary N) is 1. The van der Waals surface area contributed by atoms with Crippen LogP contribution < -0.4 is 5.73 Å². The summed E-state index contributed by atoms with van der Waals surface area (Å²) in [5.41, 5.74) is 5.83. The van der Waals surface area contributed by atoms with Gasteiger partial charge in [0.1, 0.15) is 6.61 Å². The molecule has 0 aromatic rings. The molecule has 0 saturated carbocycles. The lowest BCUT2D eigenvalue weighted by Crippen LogP contribution is -2.53. The van der Waals surface area contributed by atoms with Crippen molar-refractivity contribution in [2.24, 2.45) is 5.73 Å². The molecule has 1 amide bonds. The topological polar surface area (TPSA) is 58.8 Å². The van der Waals surface area contributed by atoms with Gasteiger partial charge in [0.05, 0.1) is 6.04 Å². The Bertz CT molecular complexity index is 332. The van der Waals surface area contributed by atoms with E-state index in [4.69, 9.17) is 5.73 Å². The maximum atomic E-state index is 12.0. The molecule has 1 fully saturated rings. The van der Waals surface area contributed by atoms with Crippen LogP contribution in [-0.4, -0.2) is 73.9 Å². The third-order valence-electron chi connectivity index (χ3n) is 3.63. The van der Waals surface area contributed by atoms with Crippen molar-refractivity contribution in [3.05, 3.63) is 0 Å². The van der Waals surface area contributed by atoms with E-state index in [-0.39, 0.29) is 12.5 Å². The highest BCUT2D eigenvalue weighted by molar-refractivity contribution is 5.81. The van der Waals surface area contributed by atoms with Crippen molar-refractivity contribution in [3.8, 4) is 0 Å². The fourth-order valence-corrected chi connectivity index (χ4v) is 2.44. The third kappa shape index (κ3) is 7.42. The summed E-state index contributed by atoms with van der Waals surface area (Å²) in [6.07, 6.45) is -2.14. The van der Waals surface area contributed by atoms with Gasteiger partial charge in [0.25, 0.3) is 0 Å². The molecule has 22 heavy (non-hydrogen) atoms. The second-order valence-corrected chi connectivity index (χ2v) is 5.58. The summed E-state index contributed by atoms with van der Waals surface area (Å²) in [5, 5.41) is 0. The number of nitrogens with zero attached hydrogens (tertiary/aromatic N) is 2. The van der Waals surface area contributed by atoms with Gasteiger partial charge in [-0.05, 0) is 12.8 Å². The van der Waals surface area contributed by atoms with Crippen molar-refractivity contribution in [3.63, 3.8) is 0 Å². The SMILES string of the molecule is CCCC(N)C(=O)N1CCN(CCCOCC(F)(F)F)CC1. The van der Waals surface area contributed by atoms with E-state index in [2.05, 4.69) is 9.64 Å². The van der Waals surface area contributed by atoms with Crippen molar-refractivity contribution in [2.45, 2.75) is 38.4 Å². The van der Waals surface area contributed by atoms with Crippen molar-refractivity contribution < 1.29 is 22.7 Å². The first-order chi connectivity index (χ1) is 10.3. The number of alkyl halides is 3. The number of hydrogen-bond donors (Lipinski definition) is 1. The lowest BCUT2D eigenvalue weighted by Gasteiger charge is -2.35. The second-order valence-electron chi connectivity index (χ2n) is 5.58. The van der Waals surface area contributed by atoms with Gasteiger partial charge in [-0.25, -0.2) is 0 Å². The molecular weight excluding hydrogens is 299 g/mol. The number of hydrogen-bond acceptors (Lipinski definition) is 4. The van der Waals surface area contributed by atoms with Crippen LogP contribution in [0.5, 0.6) is 0 Å². The van der Waals surface area contributed by atoms with Gasteiger partial charge in [0.15, 0.2) is 0 Å². The molecule has 1 aliphatic rings. The minimum absolute atomic E-state index is 0.00462. The maximum Gasteiger partial charge on any atom is 0.411 e. The predicted octanol–water partition coefficient (Wildman–Crippen LogP) is 1.23. The van der Waals surface area contributed by atoms with E-state index in [1.165, 1.54) is 0 Å². The Balaban J connectivity index is 2.14. The van der Waals surface area contributed by atoms with E-state index < -0.39 is 18.8 Å². The summed E-state index contributed by atoms with van der Waals surface area (Å²) in [4.78, 5) is 15.9. The molecule has 0 bridgehead atoms. The Labute approximate surface area is 129 Å². The van der Waals surface area contributed by atoms with Crippen LogP contribution in [0, 0.1) is 0 Å². The number of halogens is 3. The number of carbonyl (C=O) groups excluding carboxylic acids is 1. The van der Waals surface area contributed by atoms with Gasteiger partial charge in [-0.1, -0.05) is 13.3 Å². The summed E-state index contributed by atoms with van der Waals surface area (Å²) in [6.45, 7) is 4.28. The molecule has 1 heterocycles. The Morgan fingerprint density at radius 1 is 1.27 bits per heavy atom. The van der Waals surface area contributed by atoms with Crippen LogP contribution in [0.25, 0.3) is 0 Å². The molecule has 0 aromatic carbocycles. The van der Waals surface area contributed by atoms with Crippen LogP contribution in [0.1, 0.15) is 26.2 Å². The lowest BCUT2D eigenvalue weighted by atomic mass is 10.1. The monoisotopic (exact) mass is 325 g/mol. The van der Waals surface area contributed by atoms with Gasteiger partial charge in [0, 0.05) is 39.3 Å². The average Bonchev–Trinajstić information content (AvgIpc) is 2.46. The van der Waals surface area contributed by atoms with Crippen LogP contribution >= 0.6 is 0 Å². The van der Waals surface area contributed by atoms with Gasteiger partial charge in [-0.2, -0.15) is 13.2 Å². The van der Waals surface area contributed by atoms with Crippen LogP contribution in [0.15, 0.2) is 0 Å². The fraction of sp³-hybridized carbons (Fsp3) is 0.929. The van der Waals surface area contributed by atoms with Gasteiger partial charge in [-0.3, -0.25) is 9.69 Å². The zero-order valence-corrected chi connectivity index (χ0v) is 13.1. The lowest BCUT2D eigenvalue weighted by molar-refractivity contribution is -0.174. The maximum absolute atomic E-state index is 12.0. The van der Waals surface area contributed by atoms with Crippen molar-refractivity contribution in [1.82, 2.24) is 9.80 Å². The Hall–Kier alpha value is -0.860. The highest BCUT2D eigenvalue weighted by atomic mass is 19.4. The Morgan fingerprint density at radius 2 is 1.91 bits per heavy atom. The first kappa shape index (κ1) is 19.2. The number of carbonyl (C=O) groups is 1. The van der Waals surface area contributed by atoms with E-state index in [9.17, 15) is 18.0 Å². The molecule has 1 unspecified atom stereocenters. The van der Waals surface area contributed by atoms with E-state index >= 15 is 0 Å². The number of rotatable bonds is 8. The standard InChI is InChI=1S/C14H26F3N3O2/c1-2-4-12(18)13(21)20-8-6-19(7-9-20)5-3-10-22-11-14(15,16)17/h12H,2-11,18H2,1H3. The van der Waals surface area contributed by atoms with Crippen molar-refractivity contribution in [2.75, 3.05) is 45.9 Å². The number of amides is 1. The summed E-state index contributed by atoms with van der Waals surface area (Å²) in [7, 11) is 0. The average molecular weight is 325 g/mol.